The van der Waals surface area contributed by atoms with Crippen molar-refractivity contribution in [2.45, 2.75) is 45.2 Å². The number of anilines is 2. The number of carboxylic acid groups (broad SMARTS) is 1. The van der Waals surface area contributed by atoms with Crippen LogP contribution in [0.5, 0.6) is 5.75 Å². The molecule has 0 aliphatic carbocycles. The van der Waals surface area contributed by atoms with Crippen LogP contribution in [-0.4, -0.2) is 70.4 Å². The van der Waals surface area contributed by atoms with Crippen LogP contribution in [0.2, 0.25) is 0 Å². The molecule has 2 saturated heterocycles. The Bertz CT molecular complexity index is 1750. The van der Waals surface area contributed by atoms with Crippen LogP contribution in [0.25, 0.3) is 16.6 Å². The summed E-state index contributed by atoms with van der Waals surface area (Å²) in [4.78, 5) is 35.5. The van der Waals surface area contributed by atoms with E-state index in [0.29, 0.717) is 18.8 Å². The number of pyridine rings is 2. The second-order valence-electron chi connectivity index (χ2n) is 11.5. The molecule has 9 nitrogen and oxygen atoms in total. The lowest BCUT2D eigenvalue weighted by Crippen LogP contribution is -2.47. The van der Waals surface area contributed by atoms with Crippen molar-refractivity contribution in [3.05, 3.63) is 88.1 Å². The topological polar surface area (TPSA) is 91.1 Å². The van der Waals surface area contributed by atoms with Gasteiger partial charge >= 0.3 is 11.5 Å². The lowest BCUT2D eigenvalue weighted by atomic mass is 10.1. The molecule has 0 bridgehead atoms. The van der Waals surface area contributed by atoms with E-state index in [0.717, 1.165) is 56.1 Å². The third-order valence-electron chi connectivity index (χ3n) is 8.01. The number of ether oxygens (including phenoxy) is 1. The maximum atomic E-state index is 15.9. The number of benzene rings is 2. The molecule has 2 aromatic heterocycles. The minimum Gasteiger partial charge on any atom is -0.477 e. The Morgan fingerprint density at radius 3 is 2.21 bits per heavy atom. The Labute approximate surface area is 275 Å². The number of alkyl halides is 3. The van der Waals surface area contributed by atoms with Crippen LogP contribution in [0.15, 0.2) is 65.7 Å². The number of carbonyl (C=O) groups is 1. The first-order valence-electron chi connectivity index (χ1n) is 15.6. The zero-order valence-electron chi connectivity index (χ0n) is 26.3. The number of rotatable bonds is 8. The number of fused-ring (bicyclic) bond motifs is 1. The molecule has 2 aliphatic heterocycles. The number of aromatic nitrogens is 2. The average molecular weight is 672 g/mol. The number of hydrogen-bond donors (Lipinski definition) is 1. The first-order chi connectivity index (χ1) is 22.5. The highest BCUT2D eigenvalue weighted by Gasteiger charge is 2.35. The van der Waals surface area contributed by atoms with Crippen LogP contribution in [-0.2, 0) is 6.54 Å². The third kappa shape index (κ3) is 7.82. The summed E-state index contributed by atoms with van der Waals surface area (Å²) in [7, 11) is 0. The van der Waals surface area contributed by atoms with Crippen molar-refractivity contribution < 1.29 is 27.8 Å². The fourth-order valence-corrected chi connectivity index (χ4v) is 6.02. The fraction of sp³-hybridized carbons (Fsp3) is 0.382. The van der Waals surface area contributed by atoms with Crippen molar-refractivity contribution in [1.82, 2.24) is 14.5 Å². The first kappa shape index (κ1) is 34.1. The van der Waals surface area contributed by atoms with Crippen LogP contribution in [0.1, 0.15) is 49.0 Å². The summed E-state index contributed by atoms with van der Waals surface area (Å²) in [5.41, 5.74) is -5.13. The maximum absolute atomic E-state index is 15.9. The van der Waals surface area contributed by atoms with E-state index in [4.69, 9.17) is 16.3 Å². The van der Waals surface area contributed by atoms with E-state index in [2.05, 4.69) is 23.7 Å². The number of halogens is 4. The maximum Gasteiger partial charge on any atom is 0.487 e. The van der Waals surface area contributed by atoms with E-state index >= 15 is 4.39 Å². The predicted molar refractivity (Wildman–Crippen MR) is 177 cm³/mol. The number of nitrogens with zero attached hydrogens (tertiary/aromatic N) is 5. The highest BCUT2D eigenvalue weighted by molar-refractivity contribution is 6.21. The van der Waals surface area contributed by atoms with Gasteiger partial charge in [0.15, 0.2) is 11.6 Å². The van der Waals surface area contributed by atoms with Crippen LogP contribution in [0.3, 0.4) is 0 Å². The Kier molecular flexibility index (Phi) is 10.6. The Balaban J connectivity index is 0.00000139. The van der Waals surface area contributed by atoms with Crippen molar-refractivity contribution >= 4 is 40.0 Å². The number of likely N-dealkylation sites (tertiary alicyclic amines) is 1. The zero-order chi connectivity index (χ0) is 33.7. The van der Waals surface area contributed by atoms with Crippen LogP contribution in [0.4, 0.5) is 24.7 Å². The molecule has 1 N–H and O–H groups in total. The molecule has 0 spiro atoms. The molecule has 0 unspecified atom stereocenters. The summed E-state index contributed by atoms with van der Waals surface area (Å²) in [6.45, 7) is 8.18. The van der Waals surface area contributed by atoms with Gasteiger partial charge in [0.2, 0.25) is 5.43 Å². The Morgan fingerprint density at radius 1 is 1.00 bits per heavy atom. The lowest BCUT2D eigenvalue weighted by Gasteiger charge is -2.37. The molecule has 2 aliphatic rings. The summed E-state index contributed by atoms with van der Waals surface area (Å²) in [5, 5.41) is 9.36. The summed E-state index contributed by atoms with van der Waals surface area (Å²) in [6.07, 6.45) is 6.21. The van der Waals surface area contributed by atoms with Gasteiger partial charge in [-0.15, -0.1) is 8.78 Å². The smallest absolute Gasteiger partial charge is 0.477 e. The van der Waals surface area contributed by atoms with Crippen molar-refractivity contribution in [3.8, 4) is 11.4 Å². The van der Waals surface area contributed by atoms with Crippen molar-refractivity contribution in [1.29, 1.82) is 0 Å². The molecule has 2 aromatic carbocycles. The van der Waals surface area contributed by atoms with Crippen molar-refractivity contribution in [2.75, 3.05) is 49.1 Å². The van der Waals surface area contributed by atoms with Gasteiger partial charge in [0.05, 0.1) is 5.39 Å². The number of piperazine rings is 1. The van der Waals surface area contributed by atoms with Gasteiger partial charge in [-0.3, -0.25) is 9.69 Å². The molecule has 0 saturated carbocycles. The second kappa shape index (κ2) is 14.6. The SMILES string of the molecule is CCC.O=C(O)c1cn(-c2ccc(CN3CCCC3)cc2)c2c(OC(F)(F)Cl)c(N3CCN(c4ccccn4)CC3)c(F)cc2c1=O. The highest BCUT2D eigenvalue weighted by atomic mass is 35.5. The van der Waals surface area contributed by atoms with Gasteiger partial charge < -0.3 is 24.2 Å². The van der Waals surface area contributed by atoms with E-state index < -0.39 is 39.5 Å². The zero-order valence-corrected chi connectivity index (χ0v) is 27.0. The normalized spacial score (nSPS) is 15.4. The van der Waals surface area contributed by atoms with E-state index in [9.17, 15) is 23.5 Å². The third-order valence-corrected chi connectivity index (χ3v) is 8.08. The molecule has 13 heteroatoms. The van der Waals surface area contributed by atoms with Crippen molar-refractivity contribution in [3.63, 3.8) is 0 Å². The van der Waals surface area contributed by atoms with Crippen LogP contribution < -0.4 is 20.0 Å². The van der Waals surface area contributed by atoms with Gasteiger partial charge in [-0.25, -0.2) is 14.2 Å². The van der Waals surface area contributed by atoms with E-state index in [1.807, 2.05) is 29.2 Å². The van der Waals surface area contributed by atoms with Gasteiger partial charge in [0, 0.05) is 62.4 Å². The predicted octanol–water partition coefficient (Wildman–Crippen LogP) is 6.73. The number of hydrogen-bond acceptors (Lipinski definition) is 7. The fourth-order valence-electron chi connectivity index (χ4n) is 5.94. The first-order valence-corrected chi connectivity index (χ1v) is 16.0. The number of aromatic carboxylic acids is 1. The molecule has 0 atom stereocenters. The molecule has 250 valence electrons. The minimum absolute atomic E-state index is 0.214. The van der Waals surface area contributed by atoms with Crippen LogP contribution in [0, 0.1) is 5.82 Å². The molecule has 0 amide bonds. The largest absolute Gasteiger partial charge is 0.487 e. The van der Waals surface area contributed by atoms with Crippen molar-refractivity contribution in [2.24, 2.45) is 0 Å². The van der Waals surface area contributed by atoms with Gasteiger partial charge in [-0.2, -0.15) is 0 Å². The average Bonchev–Trinajstić information content (AvgIpc) is 3.55. The molecular weight excluding hydrogens is 635 g/mol. The summed E-state index contributed by atoms with van der Waals surface area (Å²) >= 11 is 5.26. The molecule has 4 aromatic rings. The van der Waals surface area contributed by atoms with E-state index in [1.165, 1.54) is 11.0 Å². The summed E-state index contributed by atoms with van der Waals surface area (Å²) in [5.74, 6) is -2.51. The van der Waals surface area contributed by atoms with E-state index in [1.54, 1.807) is 29.3 Å². The van der Waals surface area contributed by atoms with Crippen LogP contribution >= 0.6 is 11.6 Å². The Hall–Kier alpha value is -4.29. The highest BCUT2D eigenvalue weighted by Crippen LogP contribution is 2.43. The molecule has 4 heterocycles. The molecule has 6 rings (SSSR count). The second-order valence-corrected chi connectivity index (χ2v) is 12.0. The van der Waals surface area contributed by atoms with E-state index in [-0.39, 0.29) is 24.3 Å². The molecule has 47 heavy (non-hydrogen) atoms. The number of carboxylic acids is 1. The van der Waals surface area contributed by atoms with Gasteiger partial charge in [0.25, 0.3) is 0 Å². The monoisotopic (exact) mass is 671 g/mol. The van der Waals surface area contributed by atoms with Gasteiger partial charge in [-0.1, -0.05) is 38.5 Å². The quantitative estimate of drug-likeness (QED) is 0.206. The van der Waals surface area contributed by atoms with Gasteiger partial charge in [-0.05, 0) is 61.8 Å². The molecular formula is C34H37ClF3N5O4. The Morgan fingerprint density at radius 2 is 1.64 bits per heavy atom. The summed E-state index contributed by atoms with van der Waals surface area (Å²) < 4.78 is 50.9. The molecule has 2 fully saturated rings. The summed E-state index contributed by atoms with van der Waals surface area (Å²) in [6, 6.07) is 13.4. The lowest BCUT2D eigenvalue weighted by molar-refractivity contribution is -0.0955. The standard InChI is InChI=1S/C31H29ClF3N5O4.C3H8/c32-31(34,35)44-29-26-22(17-24(33)27(29)39-15-13-38(14-16-39)25-5-1-2-10-36-25)28(41)23(30(42)43)19-40(26)21-8-6-20(7-9-21)18-37-11-3-4-12-37;1-3-2/h1-2,5-10,17,19H,3-4,11-16,18H2,(H,42,43);3H2,1-2H3. The minimum atomic E-state index is -4.27. The molecule has 0 radical (unpaired) electrons. The van der Waals surface area contributed by atoms with Gasteiger partial charge in [0.1, 0.15) is 22.6 Å².